The van der Waals surface area contributed by atoms with Gasteiger partial charge in [-0.25, -0.2) is 19.6 Å². The number of aromatic nitrogens is 4. The van der Waals surface area contributed by atoms with E-state index in [1.807, 2.05) is 60.7 Å². The second kappa shape index (κ2) is 15.9. The first kappa shape index (κ1) is 34.0. The van der Waals surface area contributed by atoms with Crippen LogP contribution in [0.5, 0.6) is 0 Å². The number of pyridine rings is 4. The van der Waals surface area contributed by atoms with E-state index >= 15 is 0 Å². The Bertz CT molecular complexity index is 2090. The number of hydrogen-bond acceptors (Lipinski definition) is 10. The van der Waals surface area contributed by atoms with E-state index in [1.165, 1.54) is 14.2 Å². The predicted octanol–water partition coefficient (Wildman–Crippen LogP) is 6.56. The van der Waals surface area contributed by atoms with E-state index < -0.39 is 31.0 Å². The summed E-state index contributed by atoms with van der Waals surface area (Å²) in [5.41, 5.74) is 4.93. The SMILES string of the molecule is COC(=O)c1cc(-c2cc(C(=O)OC)c3ccccc3n2)nc2ccccc12.[Cu].[O]=[Ti]=[O].c1cnc2c(c1)ccc1cccnc12. The van der Waals surface area contributed by atoms with Crippen LogP contribution in [0.15, 0.2) is 109 Å². The third kappa shape index (κ3) is 7.30. The fraction of sp³-hybridized carbons (Fsp3) is 0.0588. The summed E-state index contributed by atoms with van der Waals surface area (Å²) in [4.78, 5) is 42.6. The largest absolute Gasteiger partial charge is 0.254 e. The third-order valence-corrected chi connectivity index (χ3v) is 6.85. The Hall–Kier alpha value is -4.93. The number of ether oxygens (including phenoxy) is 2. The van der Waals surface area contributed by atoms with Gasteiger partial charge in [-0.1, -0.05) is 60.7 Å². The normalized spacial score (nSPS) is 10.0. The van der Waals surface area contributed by atoms with Gasteiger partial charge in [-0.15, -0.1) is 0 Å². The fourth-order valence-electron chi connectivity index (χ4n) is 4.85. The fourth-order valence-corrected chi connectivity index (χ4v) is 4.85. The number of esters is 2. The van der Waals surface area contributed by atoms with Crippen molar-refractivity contribution in [3.05, 3.63) is 121 Å². The van der Waals surface area contributed by atoms with Crippen LogP contribution in [-0.4, -0.2) is 46.1 Å². The Morgan fingerprint density at radius 1 is 0.587 bits per heavy atom. The first-order valence-corrected chi connectivity index (χ1v) is 14.8. The third-order valence-electron chi connectivity index (χ3n) is 6.85. The summed E-state index contributed by atoms with van der Waals surface area (Å²) in [5.74, 6) is -0.928. The van der Waals surface area contributed by atoms with Gasteiger partial charge in [0.2, 0.25) is 0 Å². The number of methoxy groups -OCH3 is 2. The van der Waals surface area contributed by atoms with Gasteiger partial charge in [-0.05, 0) is 36.4 Å². The zero-order valence-corrected chi connectivity index (χ0v) is 26.9. The summed E-state index contributed by atoms with van der Waals surface area (Å²) in [6, 6.07) is 30.0. The molecule has 0 atom stereocenters. The van der Waals surface area contributed by atoms with Crippen LogP contribution in [-0.2, 0) is 52.3 Å². The predicted molar refractivity (Wildman–Crippen MR) is 164 cm³/mol. The van der Waals surface area contributed by atoms with Gasteiger partial charge >= 0.3 is 37.7 Å². The van der Waals surface area contributed by atoms with Crippen LogP contribution < -0.4 is 0 Å². The Labute approximate surface area is 282 Å². The molecule has 3 aromatic carbocycles. The molecule has 10 nitrogen and oxygen atoms in total. The van der Waals surface area contributed by atoms with Crippen LogP contribution in [0.25, 0.3) is 55.0 Å². The molecule has 0 saturated carbocycles. The van der Waals surface area contributed by atoms with E-state index in [0.717, 1.165) is 21.8 Å². The zero-order chi connectivity index (χ0) is 31.8. The number of rotatable bonds is 3. The minimum Gasteiger partial charge on any atom is -0.254 e. The van der Waals surface area contributed by atoms with Crippen molar-refractivity contribution in [3.8, 4) is 11.4 Å². The number of carbonyl (C=O) groups excluding carboxylic acids is 2. The second-order valence-electron chi connectivity index (χ2n) is 9.43. The van der Waals surface area contributed by atoms with Gasteiger partial charge in [0.05, 0.1) is 58.8 Å². The number of fused-ring (bicyclic) bond motifs is 5. The van der Waals surface area contributed by atoms with Crippen molar-refractivity contribution in [1.82, 2.24) is 19.9 Å². The van der Waals surface area contributed by atoms with Gasteiger partial charge in [0.25, 0.3) is 0 Å². The molecular formula is C34H24CuN4O6Ti. The summed E-state index contributed by atoms with van der Waals surface area (Å²) in [6.45, 7) is 0. The van der Waals surface area contributed by atoms with Crippen molar-refractivity contribution < 1.29 is 61.9 Å². The van der Waals surface area contributed by atoms with Gasteiger partial charge in [0.15, 0.2) is 0 Å². The maximum Gasteiger partial charge on any atom is 0.0964 e. The molecule has 0 aliphatic rings. The van der Waals surface area contributed by atoms with Crippen molar-refractivity contribution in [1.29, 1.82) is 0 Å². The maximum absolute atomic E-state index is 12.3. The van der Waals surface area contributed by atoms with E-state index in [4.69, 9.17) is 16.1 Å². The average molecular weight is 696 g/mol. The molecule has 1 radical (unpaired) electrons. The second-order valence-corrected chi connectivity index (χ2v) is 9.69. The topological polar surface area (TPSA) is 138 Å². The van der Waals surface area contributed by atoms with Crippen LogP contribution in [0, 0.1) is 0 Å². The van der Waals surface area contributed by atoms with Crippen LogP contribution in [0.3, 0.4) is 0 Å². The van der Waals surface area contributed by atoms with E-state index in [9.17, 15) is 9.59 Å². The zero-order valence-electron chi connectivity index (χ0n) is 24.4. The smallest absolute Gasteiger partial charge is 0.0964 e. The van der Waals surface area contributed by atoms with Gasteiger partial charge in [-0.3, -0.25) is 9.97 Å². The molecule has 0 aliphatic carbocycles. The van der Waals surface area contributed by atoms with Crippen LogP contribution >= 0.6 is 0 Å². The molecule has 0 amide bonds. The summed E-state index contributed by atoms with van der Waals surface area (Å²) < 4.78 is 26.8. The molecule has 0 fully saturated rings. The minimum absolute atomic E-state index is 0. The number of hydrogen-bond donors (Lipinski definition) is 0. The molecule has 4 aromatic heterocycles. The summed E-state index contributed by atoms with van der Waals surface area (Å²) in [7, 11) is 2.67. The van der Waals surface area contributed by atoms with Gasteiger partial charge in [0, 0.05) is 51.0 Å². The van der Waals surface area contributed by atoms with Crippen molar-refractivity contribution in [2.45, 2.75) is 0 Å². The number of para-hydroxylation sites is 2. The Balaban J connectivity index is 0.000000222. The van der Waals surface area contributed by atoms with E-state index in [2.05, 4.69) is 44.2 Å². The van der Waals surface area contributed by atoms with Crippen LogP contribution in [0.4, 0.5) is 0 Å². The summed E-state index contributed by atoms with van der Waals surface area (Å²) in [5, 5.41) is 3.65. The minimum atomic E-state index is -2.00. The molecule has 0 N–H and O–H groups in total. The Morgan fingerprint density at radius 2 is 0.978 bits per heavy atom. The molecule has 0 saturated heterocycles. The summed E-state index contributed by atoms with van der Waals surface area (Å²) >= 11 is -2.00. The Morgan fingerprint density at radius 3 is 1.37 bits per heavy atom. The number of benzene rings is 3. The van der Waals surface area contributed by atoms with Gasteiger partial charge in [-0.2, -0.15) is 0 Å². The van der Waals surface area contributed by atoms with Gasteiger partial charge in [0.1, 0.15) is 0 Å². The molecule has 4 heterocycles. The molecule has 231 valence electrons. The molecule has 0 spiro atoms. The molecule has 7 aromatic rings. The molecular weight excluding hydrogens is 672 g/mol. The first-order chi connectivity index (χ1) is 22.0. The van der Waals surface area contributed by atoms with E-state index in [0.29, 0.717) is 44.3 Å². The molecule has 0 bridgehead atoms. The molecule has 7 rings (SSSR count). The molecule has 0 unspecified atom stereocenters. The van der Waals surface area contributed by atoms with E-state index in [1.54, 1.807) is 24.5 Å². The standard InChI is InChI=1S/C22H16N2O4.C12H8N2.Cu.2O.Ti/c1-27-21(25)15-11-19(23-17-9-5-3-7-13(15)17)20-12-16(22(26)28-2)14-8-4-6-10-18(14)24-20;1-3-9-5-6-10-4-2-8-14-12(10)11(9)13-7-1;;;;/h3-12H,1-2H3;1-8H;;;;. The Kier molecular flexibility index (Phi) is 11.7. The molecule has 12 heteroatoms. The quantitative estimate of drug-likeness (QED) is 0.113. The van der Waals surface area contributed by atoms with Crippen LogP contribution in [0.1, 0.15) is 20.7 Å². The van der Waals surface area contributed by atoms with E-state index in [-0.39, 0.29) is 17.1 Å². The summed E-state index contributed by atoms with van der Waals surface area (Å²) in [6.07, 6.45) is 3.60. The van der Waals surface area contributed by atoms with Crippen molar-refractivity contribution in [2.75, 3.05) is 14.2 Å². The average Bonchev–Trinajstić information content (AvgIpc) is 3.10. The van der Waals surface area contributed by atoms with Crippen molar-refractivity contribution in [3.63, 3.8) is 0 Å². The van der Waals surface area contributed by atoms with Crippen LogP contribution in [0.2, 0.25) is 0 Å². The number of carbonyl (C=O) groups is 2. The monoisotopic (exact) mass is 695 g/mol. The first-order valence-electron chi connectivity index (χ1n) is 13.5. The number of nitrogens with zero attached hydrogens (tertiary/aromatic N) is 4. The van der Waals surface area contributed by atoms with Gasteiger partial charge < -0.3 is 9.47 Å². The van der Waals surface area contributed by atoms with Crippen molar-refractivity contribution >= 4 is 55.6 Å². The molecule has 0 aliphatic heterocycles. The van der Waals surface area contributed by atoms with Crippen molar-refractivity contribution in [2.24, 2.45) is 0 Å². The maximum atomic E-state index is 12.3. The molecule has 46 heavy (non-hydrogen) atoms.